The molecule has 2 heterocycles. The minimum atomic E-state index is 0.584. The molecule has 0 radical (unpaired) electrons. The highest BCUT2D eigenvalue weighted by molar-refractivity contribution is 5.80. The van der Waals surface area contributed by atoms with Crippen LogP contribution in [0.25, 0.3) is 11.0 Å². The molecule has 6 heteroatoms. The molecule has 0 spiro atoms. The van der Waals surface area contributed by atoms with Gasteiger partial charge in [0, 0.05) is 6.54 Å². The first kappa shape index (κ1) is 12.2. The molecule has 0 saturated heterocycles. The lowest BCUT2D eigenvalue weighted by molar-refractivity contribution is 0.246. The SMILES string of the molecule is CCNc1nc(OCC2CCCC2)c2cn[nH]c2n1. The first-order valence-corrected chi connectivity index (χ1v) is 6.94. The highest BCUT2D eigenvalue weighted by Gasteiger charge is 2.17. The van der Waals surface area contributed by atoms with Crippen molar-refractivity contribution in [3.63, 3.8) is 0 Å². The predicted molar refractivity (Wildman–Crippen MR) is 73.3 cm³/mol. The van der Waals surface area contributed by atoms with Crippen molar-refractivity contribution in [2.75, 3.05) is 18.5 Å². The van der Waals surface area contributed by atoms with E-state index in [1.165, 1.54) is 25.7 Å². The van der Waals surface area contributed by atoms with E-state index in [-0.39, 0.29) is 0 Å². The summed E-state index contributed by atoms with van der Waals surface area (Å²) in [6.07, 6.45) is 6.89. The van der Waals surface area contributed by atoms with E-state index in [0.29, 0.717) is 23.4 Å². The monoisotopic (exact) mass is 261 g/mol. The van der Waals surface area contributed by atoms with Crippen molar-refractivity contribution in [1.82, 2.24) is 20.2 Å². The number of ether oxygens (including phenoxy) is 1. The van der Waals surface area contributed by atoms with Crippen LogP contribution in [0.15, 0.2) is 6.20 Å². The Morgan fingerprint density at radius 1 is 1.37 bits per heavy atom. The van der Waals surface area contributed by atoms with Crippen molar-refractivity contribution in [2.45, 2.75) is 32.6 Å². The van der Waals surface area contributed by atoms with Crippen LogP contribution in [0.3, 0.4) is 0 Å². The number of nitrogens with one attached hydrogen (secondary N) is 2. The number of aromatic amines is 1. The van der Waals surface area contributed by atoms with Crippen LogP contribution in [-0.4, -0.2) is 33.3 Å². The molecule has 0 unspecified atom stereocenters. The molecule has 1 aliphatic carbocycles. The lowest BCUT2D eigenvalue weighted by Gasteiger charge is -2.12. The number of hydrogen-bond donors (Lipinski definition) is 2. The zero-order valence-electron chi connectivity index (χ0n) is 11.1. The Kier molecular flexibility index (Phi) is 3.48. The molecule has 2 aromatic rings. The fraction of sp³-hybridized carbons (Fsp3) is 0.615. The quantitative estimate of drug-likeness (QED) is 0.864. The number of aromatic nitrogens is 4. The molecule has 1 fully saturated rings. The molecule has 0 bridgehead atoms. The lowest BCUT2D eigenvalue weighted by Crippen LogP contribution is -2.10. The average molecular weight is 261 g/mol. The van der Waals surface area contributed by atoms with E-state index in [9.17, 15) is 0 Å². The van der Waals surface area contributed by atoms with E-state index in [4.69, 9.17) is 4.74 Å². The summed E-state index contributed by atoms with van der Waals surface area (Å²) in [7, 11) is 0. The Morgan fingerprint density at radius 2 is 2.21 bits per heavy atom. The third-order valence-electron chi connectivity index (χ3n) is 3.54. The number of nitrogens with zero attached hydrogens (tertiary/aromatic N) is 3. The molecule has 19 heavy (non-hydrogen) atoms. The van der Waals surface area contributed by atoms with E-state index in [2.05, 4.69) is 25.5 Å². The standard InChI is InChI=1S/C13H19N5O/c1-2-14-13-16-11-10(7-15-18-11)12(17-13)19-8-9-5-3-4-6-9/h7,9H,2-6,8H2,1H3,(H2,14,15,16,17,18). The van der Waals surface area contributed by atoms with Crippen LogP contribution in [0.1, 0.15) is 32.6 Å². The summed E-state index contributed by atoms with van der Waals surface area (Å²) in [6.45, 7) is 3.53. The largest absolute Gasteiger partial charge is 0.477 e. The zero-order chi connectivity index (χ0) is 13.1. The summed E-state index contributed by atoms with van der Waals surface area (Å²) in [5.74, 6) is 1.88. The van der Waals surface area contributed by atoms with Crippen LogP contribution in [0.4, 0.5) is 5.95 Å². The Balaban J connectivity index is 1.80. The van der Waals surface area contributed by atoms with E-state index in [0.717, 1.165) is 18.5 Å². The van der Waals surface area contributed by atoms with Crippen LogP contribution in [0.5, 0.6) is 5.88 Å². The van der Waals surface area contributed by atoms with Gasteiger partial charge in [-0.3, -0.25) is 5.10 Å². The topological polar surface area (TPSA) is 75.7 Å². The third kappa shape index (κ3) is 2.62. The molecule has 102 valence electrons. The second kappa shape index (κ2) is 5.42. The van der Waals surface area contributed by atoms with Crippen LogP contribution in [0, 0.1) is 5.92 Å². The summed E-state index contributed by atoms with van der Waals surface area (Å²) >= 11 is 0. The summed E-state index contributed by atoms with van der Waals surface area (Å²) < 4.78 is 5.90. The highest BCUT2D eigenvalue weighted by atomic mass is 16.5. The van der Waals surface area contributed by atoms with Gasteiger partial charge in [-0.25, -0.2) is 0 Å². The molecule has 0 aromatic carbocycles. The zero-order valence-corrected chi connectivity index (χ0v) is 11.1. The fourth-order valence-corrected chi connectivity index (χ4v) is 2.53. The van der Waals surface area contributed by atoms with E-state index in [1.54, 1.807) is 6.20 Å². The van der Waals surface area contributed by atoms with Gasteiger partial charge in [0.25, 0.3) is 0 Å². The Hall–Kier alpha value is -1.85. The first-order valence-electron chi connectivity index (χ1n) is 6.94. The van der Waals surface area contributed by atoms with Crippen LogP contribution in [-0.2, 0) is 0 Å². The van der Waals surface area contributed by atoms with Gasteiger partial charge < -0.3 is 10.1 Å². The van der Waals surface area contributed by atoms with Crippen molar-refractivity contribution < 1.29 is 4.74 Å². The molecular formula is C13H19N5O. The van der Waals surface area contributed by atoms with Crippen molar-refractivity contribution >= 4 is 17.0 Å². The van der Waals surface area contributed by atoms with Crippen LogP contribution < -0.4 is 10.1 Å². The second-order valence-corrected chi connectivity index (χ2v) is 4.98. The van der Waals surface area contributed by atoms with Gasteiger partial charge >= 0.3 is 0 Å². The molecule has 2 N–H and O–H groups in total. The normalized spacial score (nSPS) is 16.1. The fourth-order valence-electron chi connectivity index (χ4n) is 2.53. The summed E-state index contributed by atoms with van der Waals surface area (Å²) in [5, 5.41) is 10.8. The van der Waals surface area contributed by atoms with Gasteiger partial charge in [-0.2, -0.15) is 15.1 Å². The highest BCUT2D eigenvalue weighted by Crippen LogP contribution is 2.27. The van der Waals surface area contributed by atoms with Crippen LogP contribution >= 0.6 is 0 Å². The summed E-state index contributed by atoms with van der Waals surface area (Å²) in [4.78, 5) is 8.76. The minimum Gasteiger partial charge on any atom is -0.477 e. The third-order valence-corrected chi connectivity index (χ3v) is 3.54. The van der Waals surface area contributed by atoms with Gasteiger partial charge in [-0.05, 0) is 25.7 Å². The van der Waals surface area contributed by atoms with E-state index < -0.39 is 0 Å². The van der Waals surface area contributed by atoms with Crippen molar-refractivity contribution in [3.8, 4) is 5.88 Å². The maximum atomic E-state index is 5.90. The Labute approximate surface area is 112 Å². The predicted octanol–water partition coefficient (Wildman–Crippen LogP) is 2.35. The number of anilines is 1. The molecule has 1 aliphatic rings. The summed E-state index contributed by atoms with van der Waals surface area (Å²) in [5.41, 5.74) is 0.715. The van der Waals surface area contributed by atoms with E-state index in [1.807, 2.05) is 6.92 Å². The second-order valence-electron chi connectivity index (χ2n) is 4.98. The summed E-state index contributed by atoms with van der Waals surface area (Å²) in [6, 6.07) is 0. The van der Waals surface area contributed by atoms with Crippen LogP contribution in [0.2, 0.25) is 0 Å². The van der Waals surface area contributed by atoms with Gasteiger partial charge in [0.2, 0.25) is 11.8 Å². The molecule has 3 rings (SSSR count). The Bertz CT molecular complexity index is 547. The lowest BCUT2D eigenvalue weighted by atomic mass is 10.1. The smallest absolute Gasteiger partial charge is 0.229 e. The number of fused-ring (bicyclic) bond motifs is 1. The minimum absolute atomic E-state index is 0.584. The molecule has 0 amide bonds. The van der Waals surface area contributed by atoms with Gasteiger partial charge in [-0.15, -0.1) is 0 Å². The van der Waals surface area contributed by atoms with E-state index >= 15 is 0 Å². The van der Waals surface area contributed by atoms with Gasteiger partial charge in [0.15, 0.2) is 5.65 Å². The van der Waals surface area contributed by atoms with Crippen molar-refractivity contribution in [1.29, 1.82) is 0 Å². The van der Waals surface area contributed by atoms with Gasteiger partial charge in [0.1, 0.15) is 5.39 Å². The van der Waals surface area contributed by atoms with Gasteiger partial charge in [0.05, 0.1) is 12.8 Å². The molecule has 2 aromatic heterocycles. The Morgan fingerprint density at radius 3 is 3.00 bits per heavy atom. The number of hydrogen-bond acceptors (Lipinski definition) is 5. The maximum absolute atomic E-state index is 5.90. The first-order chi connectivity index (χ1) is 9.36. The van der Waals surface area contributed by atoms with Gasteiger partial charge in [-0.1, -0.05) is 12.8 Å². The molecule has 0 atom stereocenters. The maximum Gasteiger partial charge on any atom is 0.229 e. The number of rotatable bonds is 5. The molecular weight excluding hydrogens is 242 g/mol. The number of H-pyrrole nitrogens is 1. The molecule has 0 aliphatic heterocycles. The molecule has 1 saturated carbocycles. The van der Waals surface area contributed by atoms with Crippen molar-refractivity contribution in [2.24, 2.45) is 5.92 Å². The average Bonchev–Trinajstić information content (AvgIpc) is 3.07. The molecule has 6 nitrogen and oxygen atoms in total. The van der Waals surface area contributed by atoms with Crippen molar-refractivity contribution in [3.05, 3.63) is 6.20 Å².